The molecule has 4 aromatic rings. The van der Waals surface area contributed by atoms with Gasteiger partial charge in [-0.3, -0.25) is 9.69 Å². The van der Waals surface area contributed by atoms with Crippen LogP contribution in [-0.2, 0) is 6.18 Å². The first-order chi connectivity index (χ1) is 19.2. The molecule has 1 atom stereocenters. The summed E-state index contributed by atoms with van der Waals surface area (Å²) >= 11 is 0. The van der Waals surface area contributed by atoms with Crippen molar-refractivity contribution in [3.05, 3.63) is 137 Å². The fourth-order valence-electron chi connectivity index (χ4n) is 4.77. The Morgan fingerprint density at radius 3 is 2.15 bits per heavy atom. The zero-order valence-corrected chi connectivity index (χ0v) is 21.2. The van der Waals surface area contributed by atoms with Crippen molar-refractivity contribution in [1.82, 2.24) is 5.32 Å². The second-order valence-electron chi connectivity index (χ2n) is 9.27. The molecule has 0 aromatic heterocycles. The molecule has 1 aliphatic rings. The maximum Gasteiger partial charge on any atom is 0.416 e. The van der Waals surface area contributed by atoms with Crippen LogP contribution in [0, 0.1) is 11.3 Å². The summed E-state index contributed by atoms with van der Waals surface area (Å²) < 4.78 is 40.3. The molecule has 5 rings (SSSR count). The standard InChI is InChI=1S/C32H22F3N3O2/c1-20-28(30(39)25-16-14-23(15-17-25)22-6-3-2-4-7-22)29(24-12-10-21(19-36)11-13-24)37-31(40)38(20)27-9-5-8-26(18-27)32(33,34)35/h2-18,29H,1H3,(H,37,40). The van der Waals surface area contributed by atoms with Crippen LogP contribution in [0.1, 0.15) is 40.0 Å². The number of anilines is 1. The molecule has 0 fully saturated rings. The number of nitrogens with zero attached hydrogens (tertiary/aromatic N) is 2. The van der Waals surface area contributed by atoms with Gasteiger partial charge in [-0.15, -0.1) is 0 Å². The Hall–Kier alpha value is -5.16. The SMILES string of the molecule is CC1=C(C(=O)c2ccc(-c3ccccc3)cc2)C(c2ccc(C#N)cc2)NC(=O)N1c1cccc(C(F)(F)F)c1. The van der Waals surface area contributed by atoms with Gasteiger partial charge in [-0.25, -0.2) is 4.79 Å². The summed E-state index contributed by atoms with van der Waals surface area (Å²) in [6, 6.07) is 28.0. The van der Waals surface area contributed by atoms with Crippen molar-refractivity contribution >= 4 is 17.5 Å². The number of halogens is 3. The minimum Gasteiger partial charge on any atom is -0.326 e. The number of urea groups is 1. The Kier molecular flexibility index (Phi) is 6.97. The van der Waals surface area contributed by atoms with Crippen LogP contribution in [0.3, 0.4) is 0 Å². The van der Waals surface area contributed by atoms with Crippen LogP contribution < -0.4 is 10.2 Å². The smallest absolute Gasteiger partial charge is 0.326 e. The number of allylic oxidation sites excluding steroid dienone is 1. The van der Waals surface area contributed by atoms with E-state index in [4.69, 9.17) is 0 Å². The summed E-state index contributed by atoms with van der Waals surface area (Å²) in [5.74, 6) is -0.386. The van der Waals surface area contributed by atoms with E-state index in [0.717, 1.165) is 28.2 Å². The molecule has 8 heteroatoms. The molecule has 4 aromatic carbocycles. The van der Waals surface area contributed by atoms with E-state index in [1.807, 2.05) is 48.5 Å². The van der Waals surface area contributed by atoms with Crippen molar-refractivity contribution in [1.29, 1.82) is 5.26 Å². The number of nitrogens with one attached hydrogen (secondary N) is 1. The second-order valence-corrected chi connectivity index (χ2v) is 9.27. The minimum atomic E-state index is -4.61. The lowest BCUT2D eigenvalue weighted by molar-refractivity contribution is -0.137. The monoisotopic (exact) mass is 537 g/mol. The number of benzene rings is 4. The summed E-state index contributed by atoms with van der Waals surface area (Å²) in [5.41, 5.74) is 2.68. The summed E-state index contributed by atoms with van der Waals surface area (Å²) in [6.45, 7) is 1.54. The van der Waals surface area contributed by atoms with E-state index in [2.05, 4.69) is 5.32 Å². The number of carbonyl (C=O) groups excluding carboxylic acids is 2. The number of hydrogen-bond donors (Lipinski definition) is 1. The molecule has 40 heavy (non-hydrogen) atoms. The van der Waals surface area contributed by atoms with Crippen LogP contribution in [0.15, 0.2) is 114 Å². The average Bonchev–Trinajstić information content (AvgIpc) is 2.97. The number of hydrogen-bond acceptors (Lipinski definition) is 3. The van der Waals surface area contributed by atoms with Gasteiger partial charge in [0.15, 0.2) is 5.78 Å². The van der Waals surface area contributed by atoms with Crippen molar-refractivity contribution in [2.75, 3.05) is 4.90 Å². The lowest BCUT2D eigenvalue weighted by Gasteiger charge is -2.36. The highest BCUT2D eigenvalue weighted by atomic mass is 19.4. The molecular formula is C32H22F3N3O2. The highest BCUT2D eigenvalue weighted by Gasteiger charge is 2.38. The van der Waals surface area contributed by atoms with Crippen LogP contribution in [0.25, 0.3) is 11.1 Å². The normalized spacial score (nSPS) is 15.4. The highest BCUT2D eigenvalue weighted by Crippen LogP contribution is 2.38. The number of Topliss-reactive ketones (excluding diaryl/α,β-unsaturated/α-hetero) is 1. The Labute approximate surface area is 228 Å². The van der Waals surface area contributed by atoms with Crippen molar-refractivity contribution in [3.63, 3.8) is 0 Å². The minimum absolute atomic E-state index is 0.0205. The average molecular weight is 538 g/mol. The topological polar surface area (TPSA) is 73.2 Å². The molecular weight excluding hydrogens is 515 g/mol. The second kappa shape index (κ2) is 10.5. The summed E-state index contributed by atoms with van der Waals surface area (Å²) in [5, 5.41) is 12.0. The highest BCUT2D eigenvalue weighted by molar-refractivity contribution is 6.13. The third kappa shape index (κ3) is 5.09. The first-order valence-electron chi connectivity index (χ1n) is 12.4. The molecule has 0 saturated heterocycles. The lowest BCUT2D eigenvalue weighted by Crippen LogP contribution is -2.48. The zero-order chi connectivity index (χ0) is 28.4. The van der Waals surface area contributed by atoms with E-state index in [-0.39, 0.29) is 22.7 Å². The molecule has 1 N–H and O–H groups in total. The van der Waals surface area contributed by atoms with Gasteiger partial charge in [-0.05, 0) is 53.9 Å². The molecule has 0 radical (unpaired) electrons. The van der Waals surface area contributed by atoms with Gasteiger partial charge in [-0.1, -0.05) is 72.8 Å². The number of nitriles is 1. The van der Waals surface area contributed by atoms with Gasteiger partial charge in [0.2, 0.25) is 0 Å². The number of rotatable bonds is 5. The maximum atomic E-state index is 14.0. The van der Waals surface area contributed by atoms with Gasteiger partial charge in [0.1, 0.15) is 0 Å². The van der Waals surface area contributed by atoms with Crippen molar-refractivity contribution in [2.45, 2.75) is 19.1 Å². The van der Waals surface area contributed by atoms with E-state index in [1.54, 1.807) is 43.3 Å². The Morgan fingerprint density at radius 2 is 1.52 bits per heavy atom. The number of alkyl halides is 3. The lowest BCUT2D eigenvalue weighted by atomic mass is 9.88. The number of carbonyl (C=O) groups is 2. The van der Waals surface area contributed by atoms with Gasteiger partial charge in [-0.2, -0.15) is 18.4 Å². The predicted molar refractivity (Wildman–Crippen MR) is 145 cm³/mol. The van der Waals surface area contributed by atoms with Crippen LogP contribution in [0.2, 0.25) is 0 Å². The van der Waals surface area contributed by atoms with Crippen molar-refractivity contribution in [2.24, 2.45) is 0 Å². The quantitative estimate of drug-likeness (QED) is 0.266. The Balaban J connectivity index is 1.61. The van der Waals surface area contributed by atoms with Gasteiger partial charge in [0.25, 0.3) is 0 Å². The molecule has 1 aliphatic heterocycles. The molecule has 1 heterocycles. The molecule has 0 saturated carbocycles. The number of amides is 2. The van der Waals surface area contributed by atoms with Gasteiger partial charge in [0.05, 0.1) is 28.9 Å². The number of ketones is 1. The van der Waals surface area contributed by atoms with E-state index in [9.17, 15) is 28.0 Å². The van der Waals surface area contributed by atoms with Gasteiger partial charge < -0.3 is 5.32 Å². The molecule has 1 unspecified atom stereocenters. The molecule has 198 valence electrons. The first-order valence-corrected chi connectivity index (χ1v) is 12.4. The maximum absolute atomic E-state index is 14.0. The Morgan fingerprint density at radius 1 is 0.875 bits per heavy atom. The van der Waals surface area contributed by atoms with E-state index in [0.29, 0.717) is 16.7 Å². The van der Waals surface area contributed by atoms with Gasteiger partial charge in [0, 0.05) is 16.8 Å². The first kappa shape index (κ1) is 26.4. The fourth-order valence-corrected chi connectivity index (χ4v) is 4.77. The van der Waals surface area contributed by atoms with Crippen LogP contribution in [0.5, 0.6) is 0 Å². The third-order valence-corrected chi connectivity index (χ3v) is 6.79. The third-order valence-electron chi connectivity index (χ3n) is 6.79. The summed E-state index contributed by atoms with van der Waals surface area (Å²) in [6.07, 6.45) is -4.61. The molecule has 0 spiro atoms. The van der Waals surface area contributed by atoms with Gasteiger partial charge >= 0.3 is 12.2 Å². The van der Waals surface area contributed by atoms with E-state index in [1.165, 1.54) is 12.1 Å². The largest absolute Gasteiger partial charge is 0.416 e. The van der Waals surface area contributed by atoms with E-state index < -0.39 is 23.8 Å². The van der Waals surface area contributed by atoms with Crippen molar-refractivity contribution in [3.8, 4) is 17.2 Å². The predicted octanol–water partition coefficient (Wildman–Crippen LogP) is 7.67. The molecule has 0 bridgehead atoms. The molecule has 0 aliphatic carbocycles. The van der Waals surface area contributed by atoms with Crippen LogP contribution in [-0.4, -0.2) is 11.8 Å². The van der Waals surface area contributed by atoms with Crippen molar-refractivity contribution < 1.29 is 22.8 Å². The molecule has 2 amide bonds. The summed E-state index contributed by atoms with van der Waals surface area (Å²) in [4.78, 5) is 28.4. The Bertz CT molecular complexity index is 1650. The van der Waals surface area contributed by atoms with E-state index >= 15 is 0 Å². The molecule has 5 nitrogen and oxygen atoms in total. The fraction of sp³-hybridized carbons (Fsp3) is 0.0938. The zero-order valence-electron chi connectivity index (χ0n) is 21.2. The van der Waals surface area contributed by atoms with Crippen LogP contribution >= 0.6 is 0 Å². The van der Waals surface area contributed by atoms with Crippen LogP contribution in [0.4, 0.5) is 23.7 Å². The summed E-state index contributed by atoms with van der Waals surface area (Å²) in [7, 11) is 0.